The fourth-order valence-electron chi connectivity index (χ4n) is 2.60. The van der Waals surface area contributed by atoms with E-state index < -0.39 is 0 Å². The molecule has 1 aliphatic rings. The Hall–Kier alpha value is -2.37. The van der Waals surface area contributed by atoms with Gasteiger partial charge in [0.25, 0.3) is 0 Å². The van der Waals surface area contributed by atoms with Crippen LogP contribution in [-0.4, -0.2) is 20.0 Å². The van der Waals surface area contributed by atoms with Crippen molar-refractivity contribution < 1.29 is 18.9 Å². The average molecular weight is 378 g/mol. The van der Waals surface area contributed by atoms with Gasteiger partial charge in [-0.05, 0) is 42.3 Å². The Kier molecular flexibility index (Phi) is 7.63. The van der Waals surface area contributed by atoms with Gasteiger partial charge in [-0.3, -0.25) is 0 Å². The lowest BCUT2D eigenvalue weighted by molar-refractivity contribution is 0.174. The molecule has 1 heterocycles. The van der Waals surface area contributed by atoms with Crippen molar-refractivity contribution in [2.45, 2.75) is 20.0 Å². The van der Waals surface area contributed by atoms with Crippen molar-refractivity contribution in [3.05, 3.63) is 60.2 Å². The molecule has 0 spiro atoms. The lowest BCUT2D eigenvalue weighted by Gasteiger charge is -2.13. The van der Waals surface area contributed by atoms with Gasteiger partial charge in [0.15, 0.2) is 23.0 Å². The highest BCUT2D eigenvalue weighted by molar-refractivity contribution is 5.85. The highest BCUT2D eigenvalue weighted by atomic mass is 35.5. The molecule has 0 aromatic heterocycles. The van der Waals surface area contributed by atoms with Crippen molar-refractivity contribution in [2.24, 2.45) is 0 Å². The number of nitrogens with one attached hydrogen (secondary N) is 1. The topological polar surface area (TPSA) is 49.0 Å². The van der Waals surface area contributed by atoms with Gasteiger partial charge in [-0.1, -0.05) is 24.8 Å². The summed E-state index contributed by atoms with van der Waals surface area (Å²) in [5.41, 5.74) is 2.29. The van der Waals surface area contributed by atoms with E-state index in [2.05, 4.69) is 11.9 Å². The third kappa shape index (κ3) is 5.07. The van der Waals surface area contributed by atoms with E-state index in [1.165, 1.54) is 0 Å². The van der Waals surface area contributed by atoms with Crippen LogP contribution in [0.3, 0.4) is 0 Å². The predicted octanol–water partition coefficient (Wildman–Crippen LogP) is 4.09. The summed E-state index contributed by atoms with van der Waals surface area (Å²) in [6.45, 7) is 8.46. The SMILES string of the molecule is C=CCOc1ccc(CNCc2ccc3c(c2)OCO3)cc1OCC.Cl. The first-order valence-corrected chi connectivity index (χ1v) is 8.39. The zero-order chi connectivity index (χ0) is 17.5. The van der Waals surface area contributed by atoms with Gasteiger partial charge in [0, 0.05) is 13.1 Å². The van der Waals surface area contributed by atoms with Crippen LogP contribution in [0.5, 0.6) is 23.0 Å². The highest BCUT2D eigenvalue weighted by Crippen LogP contribution is 2.32. The summed E-state index contributed by atoms with van der Waals surface area (Å²) in [5, 5.41) is 3.43. The van der Waals surface area contributed by atoms with Crippen LogP contribution in [0.25, 0.3) is 0 Å². The Labute approximate surface area is 160 Å². The van der Waals surface area contributed by atoms with Gasteiger partial charge < -0.3 is 24.3 Å². The maximum Gasteiger partial charge on any atom is 0.231 e. The Morgan fingerprint density at radius 3 is 2.50 bits per heavy atom. The molecular weight excluding hydrogens is 354 g/mol. The molecule has 1 aliphatic heterocycles. The zero-order valence-electron chi connectivity index (χ0n) is 14.8. The van der Waals surface area contributed by atoms with E-state index in [0.717, 1.165) is 47.2 Å². The first-order chi connectivity index (χ1) is 12.3. The van der Waals surface area contributed by atoms with Crippen LogP contribution in [-0.2, 0) is 13.1 Å². The second-order valence-corrected chi connectivity index (χ2v) is 5.60. The molecule has 0 aliphatic carbocycles. The van der Waals surface area contributed by atoms with Gasteiger partial charge in [0.2, 0.25) is 6.79 Å². The maximum absolute atomic E-state index is 5.67. The first-order valence-electron chi connectivity index (χ1n) is 8.39. The molecule has 0 unspecified atom stereocenters. The molecule has 1 N–H and O–H groups in total. The van der Waals surface area contributed by atoms with Gasteiger partial charge >= 0.3 is 0 Å². The summed E-state index contributed by atoms with van der Waals surface area (Å²) in [6, 6.07) is 12.0. The van der Waals surface area contributed by atoms with Crippen LogP contribution in [0.2, 0.25) is 0 Å². The molecule has 2 aromatic rings. The van der Waals surface area contributed by atoms with Crippen LogP contribution in [0.15, 0.2) is 49.1 Å². The van der Waals surface area contributed by atoms with Crippen LogP contribution in [0, 0.1) is 0 Å². The number of fused-ring (bicyclic) bond motifs is 1. The summed E-state index contributed by atoms with van der Waals surface area (Å²) in [6.07, 6.45) is 1.72. The van der Waals surface area contributed by atoms with Crippen molar-refractivity contribution in [3.8, 4) is 23.0 Å². The summed E-state index contributed by atoms with van der Waals surface area (Å²) < 4.78 is 22.0. The van der Waals surface area contributed by atoms with Gasteiger partial charge in [0.1, 0.15) is 6.61 Å². The molecule has 0 saturated heterocycles. The molecule has 3 rings (SSSR count). The molecule has 0 bridgehead atoms. The second kappa shape index (κ2) is 9.94. The molecule has 0 amide bonds. The minimum Gasteiger partial charge on any atom is -0.490 e. The minimum absolute atomic E-state index is 0. The molecule has 0 saturated carbocycles. The first kappa shape index (κ1) is 19.9. The summed E-state index contributed by atoms with van der Waals surface area (Å²) >= 11 is 0. The molecular formula is C20H24ClNO4. The molecule has 140 valence electrons. The minimum atomic E-state index is 0. The third-order valence-electron chi connectivity index (χ3n) is 3.76. The van der Waals surface area contributed by atoms with Gasteiger partial charge in [-0.15, -0.1) is 12.4 Å². The monoisotopic (exact) mass is 377 g/mol. The number of hydrogen-bond acceptors (Lipinski definition) is 5. The molecule has 2 aromatic carbocycles. The number of rotatable bonds is 9. The Morgan fingerprint density at radius 1 is 1.00 bits per heavy atom. The fraction of sp³-hybridized carbons (Fsp3) is 0.300. The molecule has 0 atom stereocenters. The lowest BCUT2D eigenvalue weighted by atomic mass is 10.1. The second-order valence-electron chi connectivity index (χ2n) is 5.60. The van der Waals surface area contributed by atoms with E-state index in [4.69, 9.17) is 18.9 Å². The number of halogens is 1. The van der Waals surface area contributed by atoms with E-state index in [9.17, 15) is 0 Å². The van der Waals surface area contributed by atoms with Crippen molar-refractivity contribution in [2.75, 3.05) is 20.0 Å². The van der Waals surface area contributed by atoms with Crippen molar-refractivity contribution in [3.63, 3.8) is 0 Å². The Bertz CT molecular complexity index is 736. The summed E-state index contributed by atoms with van der Waals surface area (Å²) in [5.74, 6) is 3.11. The Morgan fingerprint density at radius 2 is 1.73 bits per heavy atom. The molecule has 0 fully saturated rings. The highest BCUT2D eigenvalue weighted by Gasteiger charge is 2.13. The van der Waals surface area contributed by atoms with Crippen LogP contribution >= 0.6 is 12.4 Å². The zero-order valence-corrected chi connectivity index (χ0v) is 15.6. The van der Waals surface area contributed by atoms with Crippen LogP contribution < -0.4 is 24.3 Å². The normalized spacial score (nSPS) is 11.6. The van der Waals surface area contributed by atoms with Crippen LogP contribution in [0.4, 0.5) is 0 Å². The molecule has 0 radical (unpaired) electrons. The summed E-state index contributed by atoms with van der Waals surface area (Å²) in [7, 11) is 0. The van der Waals surface area contributed by atoms with E-state index >= 15 is 0 Å². The van der Waals surface area contributed by atoms with Crippen molar-refractivity contribution in [1.82, 2.24) is 5.32 Å². The van der Waals surface area contributed by atoms with E-state index in [1.807, 2.05) is 43.3 Å². The number of hydrogen-bond donors (Lipinski definition) is 1. The molecule has 26 heavy (non-hydrogen) atoms. The molecule has 6 heteroatoms. The maximum atomic E-state index is 5.67. The van der Waals surface area contributed by atoms with Gasteiger partial charge in [-0.2, -0.15) is 0 Å². The molecule has 5 nitrogen and oxygen atoms in total. The Balaban J connectivity index is 0.00000243. The van der Waals surface area contributed by atoms with Crippen LogP contribution in [0.1, 0.15) is 18.1 Å². The van der Waals surface area contributed by atoms with E-state index in [1.54, 1.807) is 6.08 Å². The third-order valence-corrected chi connectivity index (χ3v) is 3.76. The lowest BCUT2D eigenvalue weighted by Crippen LogP contribution is -2.13. The summed E-state index contributed by atoms with van der Waals surface area (Å²) in [4.78, 5) is 0. The van der Waals surface area contributed by atoms with E-state index in [0.29, 0.717) is 20.0 Å². The van der Waals surface area contributed by atoms with Gasteiger partial charge in [0.05, 0.1) is 6.61 Å². The predicted molar refractivity (Wildman–Crippen MR) is 104 cm³/mol. The van der Waals surface area contributed by atoms with Crippen molar-refractivity contribution >= 4 is 12.4 Å². The average Bonchev–Trinajstić information content (AvgIpc) is 3.09. The van der Waals surface area contributed by atoms with Gasteiger partial charge in [-0.25, -0.2) is 0 Å². The van der Waals surface area contributed by atoms with E-state index in [-0.39, 0.29) is 12.4 Å². The standard InChI is InChI=1S/C20H23NO4.ClH/c1-3-9-23-17-7-5-15(10-19(17)22-4-2)12-21-13-16-6-8-18-20(11-16)25-14-24-18;/h3,5-8,10-11,21H,1,4,9,12-14H2,2H3;1H. The quantitative estimate of drug-likeness (QED) is 0.667. The fourth-order valence-corrected chi connectivity index (χ4v) is 2.60. The number of ether oxygens (including phenoxy) is 4. The largest absolute Gasteiger partial charge is 0.490 e. The van der Waals surface area contributed by atoms with Crippen molar-refractivity contribution in [1.29, 1.82) is 0 Å². The smallest absolute Gasteiger partial charge is 0.231 e. The number of benzene rings is 2.